The molecule has 2 aromatic carbocycles. The number of likely N-dealkylation sites (tertiary alicyclic amines) is 1. The van der Waals surface area contributed by atoms with Gasteiger partial charge in [-0.15, -0.1) is 0 Å². The van der Waals surface area contributed by atoms with Crippen LogP contribution in [0.4, 0.5) is 23.2 Å². The highest BCUT2D eigenvalue weighted by Gasteiger charge is 2.44. The van der Waals surface area contributed by atoms with Gasteiger partial charge in [0.2, 0.25) is 5.91 Å². The molecule has 26 heavy (non-hydrogen) atoms. The van der Waals surface area contributed by atoms with E-state index in [1.165, 1.54) is 24.1 Å². The van der Waals surface area contributed by atoms with Crippen molar-refractivity contribution in [2.45, 2.75) is 12.1 Å². The molecule has 1 amide bonds. The Morgan fingerprint density at radius 1 is 1.15 bits per heavy atom. The third kappa shape index (κ3) is 3.37. The lowest BCUT2D eigenvalue weighted by Gasteiger charge is -2.24. The molecule has 1 heterocycles. The van der Waals surface area contributed by atoms with E-state index in [4.69, 9.17) is 0 Å². The molecule has 0 spiro atoms. The van der Waals surface area contributed by atoms with Crippen molar-refractivity contribution in [3.63, 3.8) is 0 Å². The first kappa shape index (κ1) is 18.2. The van der Waals surface area contributed by atoms with Crippen molar-refractivity contribution in [3.05, 3.63) is 65.2 Å². The molecule has 0 bridgehead atoms. The van der Waals surface area contributed by atoms with Crippen LogP contribution in [-0.2, 0) is 4.79 Å². The standard InChI is InChI=1S/C18H16F4N2O2/c1-24-8-12(9-5-10(19)7-11(20)6-9)15(18(24)26)17(25)23-14-4-2-3-13(21)16(14)22/h2-7,12,15,17,23,25H,8H2,1H3/t12-,15+,17?/m1/s1. The SMILES string of the molecule is CN1C[C@H](c2cc(F)cc(F)c2)[C@@H](C(O)Nc2cccc(F)c2F)C1=O. The fraction of sp³-hybridized carbons (Fsp3) is 0.278. The lowest BCUT2D eigenvalue weighted by molar-refractivity contribution is -0.132. The average molecular weight is 368 g/mol. The minimum Gasteiger partial charge on any atom is -0.373 e. The maximum absolute atomic E-state index is 13.8. The summed E-state index contributed by atoms with van der Waals surface area (Å²) in [5.41, 5.74) is -0.116. The number of nitrogens with one attached hydrogen (secondary N) is 1. The summed E-state index contributed by atoms with van der Waals surface area (Å²) in [6.45, 7) is 0.122. The maximum atomic E-state index is 13.8. The number of hydrogen-bond donors (Lipinski definition) is 2. The van der Waals surface area contributed by atoms with Crippen LogP contribution in [0.15, 0.2) is 36.4 Å². The molecular weight excluding hydrogens is 352 g/mol. The summed E-state index contributed by atoms with van der Waals surface area (Å²) < 4.78 is 54.2. The van der Waals surface area contributed by atoms with Crippen LogP contribution in [-0.4, -0.2) is 35.7 Å². The van der Waals surface area contributed by atoms with Gasteiger partial charge in [-0.25, -0.2) is 17.6 Å². The largest absolute Gasteiger partial charge is 0.373 e. The number of anilines is 1. The van der Waals surface area contributed by atoms with Gasteiger partial charge in [0.15, 0.2) is 11.6 Å². The first-order chi connectivity index (χ1) is 12.3. The topological polar surface area (TPSA) is 52.6 Å². The second kappa shape index (κ2) is 6.95. The van der Waals surface area contributed by atoms with E-state index in [1.54, 1.807) is 0 Å². The van der Waals surface area contributed by atoms with E-state index < -0.39 is 47.2 Å². The summed E-state index contributed by atoms with van der Waals surface area (Å²) in [6.07, 6.45) is -1.58. The molecule has 8 heteroatoms. The number of nitrogens with zero attached hydrogens (tertiary/aromatic N) is 1. The molecule has 1 aliphatic rings. The molecule has 2 aromatic rings. The molecular formula is C18H16F4N2O2. The Hall–Kier alpha value is -2.61. The molecule has 2 N–H and O–H groups in total. The Kier molecular flexibility index (Phi) is 4.86. The minimum absolute atomic E-state index is 0.122. The van der Waals surface area contributed by atoms with Gasteiger partial charge in [-0.2, -0.15) is 0 Å². The van der Waals surface area contributed by atoms with Crippen LogP contribution in [0.2, 0.25) is 0 Å². The fourth-order valence-corrected chi connectivity index (χ4v) is 3.25. The monoisotopic (exact) mass is 368 g/mol. The molecule has 1 fully saturated rings. The second-order valence-electron chi connectivity index (χ2n) is 6.24. The average Bonchev–Trinajstić information content (AvgIpc) is 2.86. The van der Waals surface area contributed by atoms with Crippen LogP contribution >= 0.6 is 0 Å². The van der Waals surface area contributed by atoms with Crippen LogP contribution in [0, 0.1) is 29.2 Å². The molecule has 138 valence electrons. The summed E-state index contributed by atoms with van der Waals surface area (Å²) in [7, 11) is 1.49. The first-order valence-corrected chi connectivity index (χ1v) is 7.87. The number of carbonyl (C=O) groups excluding carboxylic acids is 1. The first-order valence-electron chi connectivity index (χ1n) is 7.87. The van der Waals surface area contributed by atoms with Crippen LogP contribution in [0.5, 0.6) is 0 Å². The van der Waals surface area contributed by atoms with E-state index in [9.17, 15) is 27.5 Å². The molecule has 1 aliphatic heterocycles. The molecule has 1 unspecified atom stereocenters. The van der Waals surface area contributed by atoms with E-state index in [2.05, 4.69) is 5.32 Å². The second-order valence-corrected chi connectivity index (χ2v) is 6.24. The molecule has 1 saturated heterocycles. The zero-order chi connectivity index (χ0) is 19.0. The zero-order valence-corrected chi connectivity index (χ0v) is 13.7. The van der Waals surface area contributed by atoms with E-state index in [0.29, 0.717) is 6.07 Å². The summed E-state index contributed by atoms with van der Waals surface area (Å²) in [5, 5.41) is 12.8. The number of rotatable bonds is 4. The Labute approximate surface area is 147 Å². The van der Waals surface area contributed by atoms with Gasteiger partial charge in [0.05, 0.1) is 11.6 Å². The Bertz CT molecular complexity index is 826. The van der Waals surface area contributed by atoms with Crippen molar-refractivity contribution in [1.29, 1.82) is 0 Å². The quantitative estimate of drug-likeness (QED) is 0.645. The van der Waals surface area contributed by atoms with Gasteiger partial charge >= 0.3 is 0 Å². The summed E-state index contributed by atoms with van der Waals surface area (Å²) in [5.74, 6) is -6.24. The van der Waals surface area contributed by atoms with Crippen molar-refractivity contribution in [2.75, 3.05) is 18.9 Å². The highest BCUT2D eigenvalue weighted by atomic mass is 19.2. The lowest BCUT2D eigenvalue weighted by Crippen LogP contribution is -2.37. The van der Waals surface area contributed by atoms with E-state index in [0.717, 1.165) is 18.2 Å². The molecule has 4 nitrogen and oxygen atoms in total. The van der Waals surface area contributed by atoms with Gasteiger partial charge in [-0.1, -0.05) is 6.07 Å². The fourth-order valence-electron chi connectivity index (χ4n) is 3.25. The van der Waals surface area contributed by atoms with Crippen molar-refractivity contribution in [3.8, 4) is 0 Å². The number of amides is 1. The maximum Gasteiger partial charge on any atom is 0.230 e. The Morgan fingerprint density at radius 2 is 1.81 bits per heavy atom. The van der Waals surface area contributed by atoms with Gasteiger partial charge < -0.3 is 15.3 Å². The molecule has 0 saturated carbocycles. The zero-order valence-electron chi connectivity index (χ0n) is 13.7. The van der Waals surface area contributed by atoms with Gasteiger partial charge in [0.25, 0.3) is 0 Å². The van der Waals surface area contributed by atoms with E-state index >= 15 is 0 Å². The molecule has 0 radical (unpaired) electrons. The third-order valence-corrected chi connectivity index (χ3v) is 4.47. The highest BCUT2D eigenvalue weighted by molar-refractivity contribution is 5.83. The number of hydrogen-bond acceptors (Lipinski definition) is 3. The van der Waals surface area contributed by atoms with Gasteiger partial charge in [-0.05, 0) is 29.8 Å². The Balaban J connectivity index is 1.91. The van der Waals surface area contributed by atoms with E-state index in [1.807, 2.05) is 0 Å². The third-order valence-electron chi connectivity index (χ3n) is 4.47. The summed E-state index contributed by atoms with van der Waals surface area (Å²) in [4.78, 5) is 13.7. The normalized spacial score (nSPS) is 21.2. The molecule has 3 rings (SSSR count). The van der Waals surface area contributed by atoms with Crippen LogP contribution in [0.1, 0.15) is 11.5 Å². The number of likely N-dealkylation sites (N-methyl/N-ethyl adjacent to an activating group) is 1. The highest BCUT2D eigenvalue weighted by Crippen LogP contribution is 2.36. The number of aliphatic hydroxyl groups excluding tert-OH is 1. The number of aliphatic hydroxyl groups is 1. The van der Waals surface area contributed by atoms with E-state index in [-0.39, 0.29) is 17.8 Å². The minimum atomic E-state index is -1.58. The number of carbonyl (C=O) groups is 1. The van der Waals surface area contributed by atoms with Gasteiger partial charge in [0, 0.05) is 25.6 Å². The van der Waals surface area contributed by atoms with Crippen molar-refractivity contribution >= 4 is 11.6 Å². The number of halogens is 4. The molecule has 0 aliphatic carbocycles. The summed E-state index contributed by atoms with van der Waals surface area (Å²) in [6, 6.07) is 6.25. The lowest BCUT2D eigenvalue weighted by atomic mass is 9.87. The van der Waals surface area contributed by atoms with Crippen molar-refractivity contribution in [2.24, 2.45) is 5.92 Å². The molecule has 0 aromatic heterocycles. The molecule has 3 atom stereocenters. The summed E-state index contributed by atoms with van der Waals surface area (Å²) >= 11 is 0. The predicted octanol–water partition coefficient (Wildman–Crippen LogP) is 2.85. The smallest absolute Gasteiger partial charge is 0.230 e. The van der Waals surface area contributed by atoms with Gasteiger partial charge in [-0.3, -0.25) is 4.79 Å². The number of benzene rings is 2. The van der Waals surface area contributed by atoms with Crippen LogP contribution in [0.25, 0.3) is 0 Å². The van der Waals surface area contributed by atoms with Crippen LogP contribution in [0.3, 0.4) is 0 Å². The van der Waals surface area contributed by atoms with Gasteiger partial charge in [0.1, 0.15) is 17.9 Å². The van der Waals surface area contributed by atoms with Crippen molar-refractivity contribution < 1.29 is 27.5 Å². The Morgan fingerprint density at radius 3 is 2.46 bits per heavy atom. The van der Waals surface area contributed by atoms with Crippen LogP contribution < -0.4 is 5.32 Å². The predicted molar refractivity (Wildman–Crippen MR) is 86.2 cm³/mol. The van der Waals surface area contributed by atoms with Crippen molar-refractivity contribution in [1.82, 2.24) is 4.90 Å².